The van der Waals surface area contributed by atoms with Crippen LogP contribution in [0.5, 0.6) is 0 Å². The summed E-state index contributed by atoms with van der Waals surface area (Å²) >= 11 is 0. The van der Waals surface area contributed by atoms with E-state index in [2.05, 4.69) is 5.32 Å². The van der Waals surface area contributed by atoms with E-state index in [1.54, 1.807) is 57.4 Å². The van der Waals surface area contributed by atoms with Gasteiger partial charge in [0.25, 0.3) is 11.8 Å². The summed E-state index contributed by atoms with van der Waals surface area (Å²) in [7, 11) is 3.36. The van der Waals surface area contributed by atoms with E-state index in [1.165, 1.54) is 11.0 Å². The number of hydrogen-bond donors (Lipinski definition) is 1. The first kappa shape index (κ1) is 16.2. The van der Waals surface area contributed by atoms with Crippen molar-refractivity contribution in [3.8, 4) is 6.07 Å². The van der Waals surface area contributed by atoms with E-state index in [0.717, 1.165) is 0 Å². The van der Waals surface area contributed by atoms with E-state index in [9.17, 15) is 9.59 Å². The first-order chi connectivity index (χ1) is 10.9. The Kier molecular flexibility index (Phi) is 4.77. The fraction of sp³-hybridized carbons (Fsp3) is 0.167. The Morgan fingerprint density at radius 1 is 1.13 bits per heavy atom. The van der Waals surface area contributed by atoms with Crippen LogP contribution >= 0.6 is 0 Å². The molecule has 0 atom stereocenters. The van der Waals surface area contributed by atoms with E-state index in [-0.39, 0.29) is 11.8 Å². The molecule has 0 aromatic heterocycles. The van der Waals surface area contributed by atoms with Crippen molar-refractivity contribution in [1.29, 1.82) is 5.26 Å². The molecular weight excluding hydrogens is 290 g/mol. The third kappa shape index (κ3) is 3.55. The number of nitrogens with zero attached hydrogens (tertiary/aromatic N) is 2. The summed E-state index contributed by atoms with van der Waals surface area (Å²) in [5.41, 5.74) is 2.64. The van der Waals surface area contributed by atoms with Gasteiger partial charge in [0.05, 0.1) is 11.6 Å². The highest BCUT2D eigenvalue weighted by molar-refractivity contribution is 6.06. The molecule has 5 nitrogen and oxygen atoms in total. The summed E-state index contributed by atoms with van der Waals surface area (Å²) in [6, 6.07) is 13.7. The zero-order valence-electron chi connectivity index (χ0n) is 13.3. The summed E-state index contributed by atoms with van der Waals surface area (Å²) in [5, 5.41) is 11.7. The van der Waals surface area contributed by atoms with Crippen LogP contribution in [-0.4, -0.2) is 30.8 Å². The van der Waals surface area contributed by atoms with Crippen LogP contribution in [0.15, 0.2) is 42.5 Å². The quantitative estimate of drug-likeness (QED) is 0.947. The maximum atomic E-state index is 12.3. The predicted octanol–water partition coefficient (Wildman–Crippen LogP) is 2.82. The van der Waals surface area contributed by atoms with Crippen LogP contribution in [-0.2, 0) is 0 Å². The number of carbonyl (C=O) groups is 2. The number of carbonyl (C=O) groups excluding carboxylic acids is 2. The summed E-state index contributed by atoms with van der Waals surface area (Å²) in [5.74, 6) is -0.440. The number of amides is 2. The third-order valence-electron chi connectivity index (χ3n) is 3.47. The molecule has 0 fully saturated rings. The lowest BCUT2D eigenvalue weighted by Gasteiger charge is -2.15. The lowest BCUT2D eigenvalue weighted by atomic mass is 10.0. The lowest BCUT2D eigenvalue weighted by Crippen LogP contribution is -2.23. The zero-order chi connectivity index (χ0) is 17.0. The van der Waals surface area contributed by atoms with Gasteiger partial charge in [0.1, 0.15) is 0 Å². The van der Waals surface area contributed by atoms with Gasteiger partial charge in [-0.3, -0.25) is 9.59 Å². The molecular formula is C18H17N3O2. The Morgan fingerprint density at radius 3 is 2.48 bits per heavy atom. The number of nitrogens with one attached hydrogen (secondary N) is 1. The molecule has 2 aromatic carbocycles. The second-order valence-corrected chi connectivity index (χ2v) is 5.32. The van der Waals surface area contributed by atoms with Gasteiger partial charge in [-0.1, -0.05) is 12.1 Å². The van der Waals surface area contributed by atoms with Crippen molar-refractivity contribution in [2.75, 3.05) is 19.4 Å². The highest BCUT2D eigenvalue weighted by atomic mass is 16.2. The van der Waals surface area contributed by atoms with Crippen molar-refractivity contribution in [3.63, 3.8) is 0 Å². The van der Waals surface area contributed by atoms with Crippen LogP contribution in [0.1, 0.15) is 31.8 Å². The van der Waals surface area contributed by atoms with Gasteiger partial charge in [-0.25, -0.2) is 0 Å². The van der Waals surface area contributed by atoms with Gasteiger partial charge in [-0.15, -0.1) is 0 Å². The molecule has 0 bridgehead atoms. The van der Waals surface area contributed by atoms with Crippen LogP contribution in [0.25, 0.3) is 0 Å². The Balaban J connectivity index is 2.30. The molecule has 1 N–H and O–H groups in total. The Morgan fingerprint density at radius 2 is 1.83 bits per heavy atom. The van der Waals surface area contributed by atoms with Crippen molar-refractivity contribution in [2.45, 2.75) is 6.92 Å². The van der Waals surface area contributed by atoms with Crippen LogP contribution in [0.2, 0.25) is 0 Å². The first-order valence-electron chi connectivity index (χ1n) is 7.07. The molecule has 2 aromatic rings. The molecule has 0 aliphatic carbocycles. The number of hydrogen-bond acceptors (Lipinski definition) is 3. The second kappa shape index (κ2) is 6.75. The number of rotatable bonds is 3. The fourth-order valence-corrected chi connectivity index (χ4v) is 2.17. The minimum Gasteiger partial charge on any atom is -0.345 e. The molecule has 0 spiro atoms. The number of nitriles is 1. The SMILES string of the molecule is Cc1c(NC(=O)c2cccc(C#N)c2)cccc1C(=O)N(C)C. The third-order valence-corrected chi connectivity index (χ3v) is 3.47. The minimum atomic E-state index is -0.320. The smallest absolute Gasteiger partial charge is 0.255 e. The van der Waals surface area contributed by atoms with Gasteiger partial charge in [0.2, 0.25) is 0 Å². The highest BCUT2D eigenvalue weighted by Crippen LogP contribution is 2.21. The second-order valence-electron chi connectivity index (χ2n) is 5.32. The van der Waals surface area contributed by atoms with Gasteiger partial charge < -0.3 is 10.2 Å². The molecule has 0 unspecified atom stereocenters. The molecule has 0 radical (unpaired) electrons. The van der Waals surface area contributed by atoms with Gasteiger partial charge in [0.15, 0.2) is 0 Å². The summed E-state index contributed by atoms with van der Waals surface area (Å²) in [6.07, 6.45) is 0. The van der Waals surface area contributed by atoms with Crippen LogP contribution in [0, 0.1) is 18.3 Å². The standard InChI is InChI=1S/C18H17N3O2/c1-12-15(18(23)21(2)3)8-5-9-16(12)20-17(22)14-7-4-6-13(10-14)11-19/h4-10H,1-3H3,(H,20,22). The molecule has 2 rings (SSSR count). The Bertz CT molecular complexity index is 804. The molecule has 0 heterocycles. The monoisotopic (exact) mass is 307 g/mol. The summed E-state index contributed by atoms with van der Waals surface area (Å²) in [4.78, 5) is 26.0. The maximum Gasteiger partial charge on any atom is 0.255 e. The number of benzene rings is 2. The molecule has 0 aliphatic heterocycles. The van der Waals surface area contributed by atoms with E-state index in [4.69, 9.17) is 5.26 Å². The van der Waals surface area contributed by atoms with Gasteiger partial charge in [-0.05, 0) is 42.8 Å². The Labute approximate surface area is 135 Å². The molecule has 5 heteroatoms. The van der Waals surface area contributed by atoms with Crippen molar-refractivity contribution in [2.24, 2.45) is 0 Å². The molecule has 0 saturated carbocycles. The van der Waals surface area contributed by atoms with Crippen LogP contribution < -0.4 is 5.32 Å². The van der Waals surface area contributed by atoms with Gasteiger partial charge >= 0.3 is 0 Å². The summed E-state index contributed by atoms with van der Waals surface area (Å²) < 4.78 is 0. The summed E-state index contributed by atoms with van der Waals surface area (Å²) in [6.45, 7) is 1.79. The molecule has 23 heavy (non-hydrogen) atoms. The first-order valence-corrected chi connectivity index (χ1v) is 7.07. The maximum absolute atomic E-state index is 12.3. The minimum absolute atomic E-state index is 0.120. The highest BCUT2D eigenvalue weighted by Gasteiger charge is 2.15. The number of anilines is 1. The van der Waals surface area contributed by atoms with E-state index in [0.29, 0.717) is 27.9 Å². The van der Waals surface area contributed by atoms with Crippen molar-refractivity contribution >= 4 is 17.5 Å². The fourth-order valence-electron chi connectivity index (χ4n) is 2.17. The molecule has 0 aliphatic rings. The van der Waals surface area contributed by atoms with Crippen LogP contribution in [0.4, 0.5) is 5.69 Å². The van der Waals surface area contributed by atoms with E-state index >= 15 is 0 Å². The van der Waals surface area contributed by atoms with Gasteiger partial charge in [-0.2, -0.15) is 5.26 Å². The normalized spacial score (nSPS) is 9.83. The van der Waals surface area contributed by atoms with E-state index < -0.39 is 0 Å². The predicted molar refractivity (Wildman–Crippen MR) is 88.3 cm³/mol. The average Bonchev–Trinajstić information content (AvgIpc) is 2.56. The van der Waals surface area contributed by atoms with Crippen LogP contribution in [0.3, 0.4) is 0 Å². The van der Waals surface area contributed by atoms with E-state index in [1.807, 2.05) is 6.07 Å². The molecule has 0 saturated heterocycles. The average molecular weight is 307 g/mol. The zero-order valence-corrected chi connectivity index (χ0v) is 13.3. The van der Waals surface area contributed by atoms with Gasteiger partial charge in [0, 0.05) is 30.9 Å². The van der Waals surface area contributed by atoms with Crippen molar-refractivity contribution in [3.05, 3.63) is 64.7 Å². The molecule has 2 amide bonds. The lowest BCUT2D eigenvalue weighted by molar-refractivity contribution is 0.0826. The largest absolute Gasteiger partial charge is 0.345 e. The van der Waals surface area contributed by atoms with Crippen molar-refractivity contribution < 1.29 is 9.59 Å². The van der Waals surface area contributed by atoms with Crippen molar-refractivity contribution in [1.82, 2.24) is 4.90 Å². The Hall–Kier alpha value is -3.13. The molecule has 116 valence electrons. The topological polar surface area (TPSA) is 73.2 Å².